The summed E-state index contributed by atoms with van der Waals surface area (Å²) in [7, 11) is -3.36. The summed E-state index contributed by atoms with van der Waals surface area (Å²) in [5, 5.41) is 2.67. The van der Waals surface area contributed by atoms with Crippen LogP contribution >= 0.6 is 0 Å². The third-order valence-corrected chi connectivity index (χ3v) is 4.42. The second-order valence-electron chi connectivity index (χ2n) is 4.84. The molecule has 20 heavy (non-hydrogen) atoms. The Morgan fingerprint density at radius 1 is 1.20 bits per heavy atom. The Balaban J connectivity index is 2.49. The van der Waals surface area contributed by atoms with Gasteiger partial charge >= 0.3 is 0 Å². The number of unbranched alkanes of at least 4 members (excludes halogenated alkanes) is 1. The molecule has 5 nitrogen and oxygen atoms in total. The van der Waals surface area contributed by atoms with Crippen LogP contribution in [-0.2, 0) is 14.8 Å². The van der Waals surface area contributed by atoms with Gasteiger partial charge in [-0.1, -0.05) is 19.4 Å². The Morgan fingerprint density at radius 2 is 1.90 bits per heavy atom. The van der Waals surface area contributed by atoms with Crippen molar-refractivity contribution in [1.82, 2.24) is 4.72 Å². The average Bonchev–Trinajstić information content (AvgIpc) is 2.39. The molecule has 0 radical (unpaired) electrons. The zero-order chi connectivity index (χ0) is 15.2. The highest BCUT2D eigenvalue weighted by Gasteiger charge is 2.11. The number of anilines is 1. The molecule has 0 fully saturated rings. The molecule has 0 heterocycles. The lowest BCUT2D eigenvalue weighted by Gasteiger charge is -2.09. The van der Waals surface area contributed by atoms with E-state index in [0.717, 1.165) is 17.5 Å². The lowest BCUT2D eigenvalue weighted by Crippen LogP contribution is -2.34. The van der Waals surface area contributed by atoms with Crippen molar-refractivity contribution in [3.8, 4) is 0 Å². The molecular formula is C14H22N2O3S. The van der Waals surface area contributed by atoms with Gasteiger partial charge in [-0.05, 0) is 43.5 Å². The van der Waals surface area contributed by atoms with Crippen LogP contribution < -0.4 is 10.0 Å². The fraction of sp³-hybridized carbons (Fsp3) is 0.500. The monoisotopic (exact) mass is 298 g/mol. The molecule has 0 spiro atoms. The zero-order valence-corrected chi connectivity index (χ0v) is 13.0. The lowest BCUT2D eigenvalue weighted by atomic mass is 10.1. The summed E-state index contributed by atoms with van der Waals surface area (Å²) in [6.45, 7) is 5.63. The predicted molar refractivity (Wildman–Crippen MR) is 81.2 cm³/mol. The maximum Gasteiger partial charge on any atom is 0.239 e. The summed E-state index contributed by atoms with van der Waals surface area (Å²) in [4.78, 5) is 11.7. The maximum absolute atomic E-state index is 11.7. The van der Waals surface area contributed by atoms with Gasteiger partial charge < -0.3 is 5.32 Å². The number of carbonyl (C=O) groups is 1. The molecule has 0 atom stereocenters. The quantitative estimate of drug-likeness (QED) is 0.808. The second-order valence-corrected chi connectivity index (χ2v) is 6.77. The minimum atomic E-state index is -3.36. The minimum Gasteiger partial charge on any atom is -0.325 e. The van der Waals surface area contributed by atoms with Gasteiger partial charge in [0.15, 0.2) is 0 Å². The van der Waals surface area contributed by atoms with Crippen LogP contribution in [0.25, 0.3) is 0 Å². The van der Waals surface area contributed by atoms with Crippen molar-refractivity contribution in [2.24, 2.45) is 0 Å². The van der Waals surface area contributed by atoms with E-state index in [1.54, 1.807) is 6.07 Å². The highest BCUT2D eigenvalue weighted by atomic mass is 32.2. The third kappa shape index (κ3) is 5.71. The van der Waals surface area contributed by atoms with Crippen LogP contribution in [0.2, 0.25) is 0 Å². The molecule has 6 heteroatoms. The molecule has 2 N–H and O–H groups in total. The highest BCUT2D eigenvalue weighted by molar-refractivity contribution is 7.89. The normalized spacial score (nSPS) is 11.3. The number of sulfonamides is 1. The SMILES string of the molecule is CCCCS(=O)(=O)NCC(=O)Nc1ccc(C)c(C)c1. The summed E-state index contributed by atoms with van der Waals surface area (Å²) in [5.41, 5.74) is 2.89. The van der Waals surface area contributed by atoms with Gasteiger partial charge in [-0.2, -0.15) is 0 Å². The maximum atomic E-state index is 11.7. The largest absolute Gasteiger partial charge is 0.325 e. The number of hydrogen-bond acceptors (Lipinski definition) is 3. The van der Waals surface area contributed by atoms with E-state index < -0.39 is 10.0 Å². The molecule has 0 aliphatic carbocycles. The van der Waals surface area contributed by atoms with Crippen LogP contribution in [0.4, 0.5) is 5.69 Å². The Labute approximate surface area is 120 Å². The van der Waals surface area contributed by atoms with Crippen molar-refractivity contribution in [3.05, 3.63) is 29.3 Å². The molecule has 0 saturated heterocycles. The van der Waals surface area contributed by atoms with E-state index in [4.69, 9.17) is 0 Å². The van der Waals surface area contributed by atoms with Gasteiger partial charge in [0.1, 0.15) is 0 Å². The van der Waals surface area contributed by atoms with E-state index in [9.17, 15) is 13.2 Å². The van der Waals surface area contributed by atoms with E-state index >= 15 is 0 Å². The first-order chi connectivity index (χ1) is 9.34. The molecule has 112 valence electrons. The second kappa shape index (κ2) is 7.40. The lowest BCUT2D eigenvalue weighted by molar-refractivity contribution is -0.115. The van der Waals surface area contributed by atoms with Gasteiger partial charge in [0.05, 0.1) is 12.3 Å². The van der Waals surface area contributed by atoms with Crippen LogP contribution in [0.1, 0.15) is 30.9 Å². The fourth-order valence-corrected chi connectivity index (χ4v) is 2.77. The first-order valence-electron chi connectivity index (χ1n) is 6.68. The van der Waals surface area contributed by atoms with Gasteiger partial charge in [-0.15, -0.1) is 0 Å². The molecule has 0 unspecified atom stereocenters. The van der Waals surface area contributed by atoms with E-state index in [1.807, 2.05) is 32.9 Å². The topological polar surface area (TPSA) is 75.3 Å². The first-order valence-corrected chi connectivity index (χ1v) is 8.33. The van der Waals surface area contributed by atoms with Gasteiger partial charge in [-0.3, -0.25) is 4.79 Å². The number of benzene rings is 1. The van der Waals surface area contributed by atoms with Crippen LogP contribution in [0, 0.1) is 13.8 Å². The summed E-state index contributed by atoms with van der Waals surface area (Å²) >= 11 is 0. The van der Waals surface area contributed by atoms with E-state index in [-0.39, 0.29) is 18.2 Å². The number of carbonyl (C=O) groups excluding carboxylic acids is 1. The summed E-state index contributed by atoms with van der Waals surface area (Å²) in [6, 6.07) is 5.57. The van der Waals surface area contributed by atoms with Crippen LogP contribution in [0.5, 0.6) is 0 Å². The van der Waals surface area contributed by atoms with Crippen LogP contribution in [0.3, 0.4) is 0 Å². The highest BCUT2D eigenvalue weighted by Crippen LogP contribution is 2.13. The first kappa shape index (κ1) is 16.7. The Kier molecular flexibility index (Phi) is 6.16. The summed E-state index contributed by atoms with van der Waals surface area (Å²) < 4.78 is 25.4. The van der Waals surface area contributed by atoms with Crippen molar-refractivity contribution in [2.75, 3.05) is 17.6 Å². The van der Waals surface area contributed by atoms with Crippen LogP contribution in [-0.4, -0.2) is 26.6 Å². The molecule has 1 aromatic carbocycles. The molecular weight excluding hydrogens is 276 g/mol. The molecule has 1 amide bonds. The Morgan fingerprint density at radius 3 is 2.50 bits per heavy atom. The number of nitrogens with one attached hydrogen (secondary N) is 2. The van der Waals surface area contributed by atoms with Gasteiger partial charge in [0, 0.05) is 5.69 Å². The molecule has 0 aromatic heterocycles. The number of hydrogen-bond donors (Lipinski definition) is 2. The molecule has 0 aliphatic heterocycles. The molecule has 1 rings (SSSR count). The molecule has 0 bridgehead atoms. The molecule has 0 aliphatic rings. The number of amides is 1. The summed E-state index contributed by atoms with van der Waals surface area (Å²) in [5.74, 6) is -0.311. The molecule has 1 aromatic rings. The Bertz CT molecular complexity index is 568. The molecule has 0 saturated carbocycles. The fourth-order valence-electron chi connectivity index (χ4n) is 1.61. The summed E-state index contributed by atoms with van der Waals surface area (Å²) in [6.07, 6.45) is 1.39. The van der Waals surface area contributed by atoms with Crippen molar-refractivity contribution in [1.29, 1.82) is 0 Å². The third-order valence-electron chi connectivity index (χ3n) is 3.01. The van der Waals surface area contributed by atoms with Crippen molar-refractivity contribution >= 4 is 21.6 Å². The smallest absolute Gasteiger partial charge is 0.239 e. The van der Waals surface area contributed by atoms with Crippen molar-refractivity contribution in [2.45, 2.75) is 33.6 Å². The number of aryl methyl sites for hydroxylation is 2. The number of rotatable bonds is 7. The van der Waals surface area contributed by atoms with Gasteiger partial charge in [0.25, 0.3) is 0 Å². The van der Waals surface area contributed by atoms with Crippen molar-refractivity contribution < 1.29 is 13.2 Å². The zero-order valence-electron chi connectivity index (χ0n) is 12.2. The van der Waals surface area contributed by atoms with Gasteiger partial charge in [-0.25, -0.2) is 13.1 Å². The van der Waals surface area contributed by atoms with E-state index in [2.05, 4.69) is 10.0 Å². The van der Waals surface area contributed by atoms with Crippen LogP contribution in [0.15, 0.2) is 18.2 Å². The standard InChI is InChI=1S/C14H22N2O3S/c1-4-5-8-20(18,19)15-10-14(17)16-13-7-6-11(2)12(3)9-13/h6-7,9,15H,4-5,8,10H2,1-3H3,(H,16,17). The average molecular weight is 298 g/mol. The van der Waals surface area contributed by atoms with Gasteiger partial charge in [0.2, 0.25) is 15.9 Å². The Hall–Kier alpha value is -1.40. The van der Waals surface area contributed by atoms with E-state index in [0.29, 0.717) is 12.1 Å². The van der Waals surface area contributed by atoms with E-state index in [1.165, 1.54) is 0 Å². The van der Waals surface area contributed by atoms with Crippen molar-refractivity contribution in [3.63, 3.8) is 0 Å². The predicted octanol–water partition coefficient (Wildman–Crippen LogP) is 1.96. The minimum absolute atomic E-state index is 0.0560.